The summed E-state index contributed by atoms with van der Waals surface area (Å²) < 4.78 is 5.79. The molecule has 0 bridgehead atoms. The molecular formula is C26H24N2O3S. The number of fused-ring (bicyclic) bond motifs is 1. The van der Waals surface area contributed by atoms with Crippen LogP contribution in [0, 0.1) is 5.41 Å². The highest BCUT2D eigenvalue weighted by Gasteiger charge is 2.43. The Morgan fingerprint density at radius 3 is 2.66 bits per heavy atom. The maximum atomic E-state index is 13.3. The van der Waals surface area contributed by atoms with Crippen molar-refractivity contribution >= 4 is 34.1 Å². The highest BCUT2D eigenvalue weighted by molar-refractivity contribution is 7.13. The number of nitrogens with zero attached hydrogens (tertiary/aromatic N) is 1. The first kappa shape index (κ1) is 20.5. The highest BCUT2D eigenvalue weighted by Crippen LogP contribution is 2.38. The number of carbonyl (C=O) groups excluding carboxylic acids is 2. The van der Waals surface area contributed by atoms with E-state index >= 15 is 0 Å². The fourth-order valence-electron chi connectivity index (χ4n) is 4.69. The number of carbonyl (C=O) groups is 2. The van der Waals surface area contributed by atoms with E-state index in [1.165, 1.54) is 0 Å². The zero-order valence-electron chi connectivity index (χ0n) is 17.6. The van der Waals surface area contributed by atoms with Crippen LogP contribution in [0.2, 0.25) is 0 Å². The molecule has 0 radical (unpaired) electrons. The van der Waals surface area contributed by atoms with Gasteiger partial charge in [-0.3, -0.25) is 9.59 Å². The molecular weight excluding hydrogens is 420 g/mol. The number of para-hydroxylation sites is 1. The molecule has 162 valence electrons. The summed E-state index contributed by atoms with van der Waals surface area (Å²) in [4.78, 5) is 28.9. The van der Waals surface area contributed by atoms with Crippen LogP contribution in [-0.2, 0) is 11.2 Å². The van der Waals surface area contributed by atoms with Crippen molar-refractivity contribution in [3.8, 4) is 10.4 Å². The molecule has 6 heteroatoms. The number of thiophene rings is 1. The molecule has 4 aromatic rings. The topological polar surface area (TPSA) is 76.5 Å². The van der Waals surface area contributed by atoms with Gasteiger partial charge in [0.2, 0.25) is 5.91 Å². The molecule has 0 unspecified atom stereocenters. The lowest BCUT2D eigenvalue weighted by atomic mass is 9.73. The van der Waals surface area contributed by atoms with Crippen LogP contribution in [-0.4, -0.2) is 29.8 Å². The van der Waals surface area contributed by atoms with Crippen molar-refractivity contribution < 1.29 is 14.0 Å². The average Bonchev–Trinajstić information content (AvgIpc) is 3.49. The second kappa shape index (κ2) is 8.28. The van der Waals surface area contributed by atoms with E-state index in [0.717, 1.165) is 27.8 Å². The Hall–Kier alpha value is -3.38. The van der Waals surface area contributed by atoms with E-state index < -0.39 is 5.41 Å². The minimum Gasteiger partial charge on any atom is -0.451 e. The van der Waals surface area contributed by atoms with Gasteiger partial charge in [0.15, 0.2) is 5.76 Å². The summed E-state index contributed by atoms with van der Waals surface area (Å²) in [7, 11) is 0. The Labute approximate surface area is 190 Å². The number of amides is 2. The minimum absolute atomic E-state index is 0.196. The molecule has 0 spiro atoms. The zero-order valence-corrected chi connectivity index (χ0v) is 18.4. The first-order valence-corrected chi connectivity index (χ1v) is 11.6. The molecule has 5 nitrogen and oxygen atoms in total. The van der Waals surface area contributed by atoms with E-state index in [0.29, 0.717) is 30.7 Å². The van der Waals surface area contributed by atoms with Crippen molar-refractivity contribution in [3.63, 3.8) is 0 Å². The SMILES string of the molecule is NC(=O)[C@@]1(Cc2ccccc2-c2cccs2)CCCN(C(=O)c2cc3ccccc3o2)C1. The largest absolute Gasteiger partial charge is 0.451 e. The van der Waals surface area contributed by atoms with E-state index in [4.69, 9.17) is 10.2 Å². The quantitative estimate of drug-likeness (QED) is 0.465. The first-order valence-electron chi connectivity index (χ1n) is 10.8. The van der Waals surface area contributed by atoms with Crippen molar-refractivity contribution in [1.29, 1.82) is 0 Å². The molecule has 2 aromatic heterocycles. The second-order valence-electron chi connectivity index (χ2n) is 8.43. The summed E-state index contributed by atoms with van der Waals surface area (Å²) in [5.74, 6) is -0.260. The van der Waals surface area contributed by atoms with Crippen molar-refractivity contribution in [2.45, 2.75) is 19.3 Å². The Balaban J connectivity index is 1.45. The summed E-state index contributed by atoms with van der Waals surface area (Å²) in [6, 6.07) is 21.6. The first-order chi connectivity index (χ1) is 15.6. The maximum absolute atomic E-state index is 13.3. The molecule has 0 aliphatic carbocycles. The van der Waals surface area contributed by atoms with E-state index in [1.54, 1.807) is 22.3 Å². The molecule has 1 fully saturated rings. The summed E-state index contributed by atoms with van der Waals surface area (Å²) in [5, 5.41) is 2.93. The Morgan fingerprint density at radius 2 is 1.88 bits per heavy atom. The van der Waals surface area contributed by atoms with Crippen LogP contribution in [0.5, 0.6) is 0 Å². The fourth-order valence-corrected chi connectivity index (χ4v) is 5.48. The number of primary amides is 1. The Bertz CT molecular complexity index is 1240. The number of hydrogen-bond acceptors (Lipinski definition) is 4. The molecule has 32 heavy (non-hydrogen) atoms. The molecule has 2 N–H and O–H groups in total. The lowest BCUT2D eigenvalue weighted by molar-refractivity contribution is -0.130. The fraction of sp³-hybridized carbons (Fsp3) is 0.231. The normalized spacial score (nSPS) is 18.7. The van der Waals surface area contributed by atoms with Gasteiger partial charge in [-0.2, -0.15) is 0 Å². The standard InChI is InChI=1S/C26H24N2O3S/c27-25(30)26(16-19-8-1-3-9-20(19)23-11-5-14-32-23)12-6-13-28(17-26)24(29)22-15-18-7-2-4-10-21(18)31-22/h1-5,7-11,14-15H,6,12-13,16-17H2,(H2,27,30)/t26-/m1/s1. The molecule has 1 aliphatic heterocycles. The van der Waals surface area contributed by atoms with Gasteiger partial charge >= 0.3 is 0 Å². The second-order valence-corrected chi connectivity index (χ2v) is 9.38. The summed E-state index contributed by atoms with van der Waals surface area (Å²) in [5.41, 5.74) is 8.04. The zero-order chi connectivity index (χ0) is 22.1. The number of nitrogens with two attached hydrogens (primary N) is 1. The van der Waals surface area contributed by atoms with Gasteiger partial charge in [0.1, 0.15) is 5.58 Å². The highest BCUT2D eigenvalue weighted by atomic mass is 32.1. The number of likely N-dealkylation sites (tertiary alicyclic amines) is 1. The van der Waals surface area contributed by atoms with Gasteiger partial charge in [0.05, 0.1) is 5.41 Å². The smallest absolute Gasteiger partial charge is 0.289 e. The van der Waals surface area contributed by atoms with Gasteiger partial charge in [-0.1, -0.05) is 48.5 Å². The van der Waals surface area contributed by atoms with Gasteiger partial charge in [-0.15, -0.1) is 11.3 Å². The Kier molecular flexibility index (Phi) is 5.31. The van der Waals surface area contributed by atoms with Crippen molar-refractivity contribution in [2.75, 3.05) is 13.1 Å². The summed E-state index contributed by atoms with van der Waals surface area (Å²) in [6.45, 7) is 0.870. The van der Waals surface area contributed by atoms with Crippen LogP contribution < -0.4 is 5.73 Å². The van der Waals surface area contributed by atoms with Crippen LogP contribution in [0.1, 0.15) is 29.0 Å². The van der Waals surface area contributed by atoms with Gasteiger partial charge in [0.25, 0.3) is 5.91 Å². The van der Waals surface area contributed by atoms with Gasteiger partial charge in [-0.05, 0) is 54.0 Å². The van der Waals surface area contributed by atoms with E-state index in [2.05, 4.69) is 18.2 Å². The maximum Gasteiger partial charge on any atom is 0.289 e. The lowest BCUT2D eigenvalue weighted by Crippen LogP contribution is -2.53. The van der Waals surface area contributed by atoms with E-state index in [1.807, 2.05) is 47.8 Å². The third kappa shape index (κ3) is 3.71. The molecule has 0 saturated carbocycles. The van der Waals surface area contributed by atoms with Crippen molar-refractivity contribution in [1.82, 2.24) is 4.90 Å². The monoisotopic (exact) mass is 444 g/mol. The third-order valence-electron chi connectivity index (χ3n) is 6.36. The summed E-state index contributed by atoms with van der Waals surface area (Å²) >= 11 is 1.67. The molecule has 5 rings (SSSR count). The molecule has 2 amide bonds. The van der Waals surface area contributed by atoms with Crippen LogP contribution in [0.3, 0.4) is 0 Å². The number of furan rings is 1. The minimum atomic E-state index is -0.812. The number of piperidine rings is 1. The van der Waals surface area contributed by atoms with Gasteiger partial charge in [0, 0.05) is 23.4 Å². The molecule has 1 saturated heterocycles. The third-order valence-corrected chi connectivity index (χ3v) is 7.26. The molecule has 2 aromatic carbocycles. The number of rotatable bonds is 5. The molecule has 1 aliphatic rings. The lowest BCUT2D eigenvalue weighted by Gasteiger charge is -2.40. The summed E-state index contributed by atoms with van der Waals surface area (Å²) in [6.07, 6.45) is 1.88. The average molecular weight is 445 g/mol. The van der Waals surface area contributed by atoms with Crippen LogP contribution >= 0.6 is 11.3 Å². The van der Waals surface area contributed by atoms with E-state index in [9.17, 15) is 9.59 Å². The van der Waals surface area contributed by atoms with Gasteiger partial charge < -0.3 is 15.1 Å². The van der Waals surface area contributed by atoms with Crippen molar-refractivity contribution in [3.05, 3.63) is 83.4 Å². The molecule has 3 heterocycles. The van der Waals surface area contributed by atoms with Crippen LogP contribution in [0.25, 0.3) is 21.4 Å². The van der Waals surface area contributed by atoms with Crippen LogP contribution in [0.15, 0.2) is 76.5 Å². The van der Waals surface area contributed by atoms with Gasteiger partial charge in [-0.25, -0.2) is 0 Å². The van der Waals surface area contributed by atoms with Crippen LogP contribution in [0.4, 0.5) is 0 Å². The predicted molar refractivity (Wildman–Crippen MR) is 126 cm³/mol. The predicted octanol–water partition coefficient (Wildman–Crippen LogP) is 5.11. The number of hydrogen-bond donors (Lipinski definition) is 1. The molecule has 1 atom stereocenters. The number of benzene rings is 2. The van der Waals surface area contributed by atoms with Crippen molar-refractivity contribution in [2.24, 2.45) is 11.1 Å². The Morgan fingerprint density at radius 1 is 1.06 bits per heavy atom. The van der Waals surface area contributed by atoms with E-state index in [-0.39, 0.29) is 18.4 Å².